The lowest BCUT2D eigenvalue weighted by molar-refractivity contribution is -0.122. The lowest BCUT2D eigenvalue weighted by Gasteiger charge is -2.15. The number of thiocarbonyl (C=S) groups is 1. The van der Waals surface area contributed by atoms with Crippen molar-refractivity contribution in [1.29, 1.82) is 0 Å². The highest BCUT2D eigenvalue weighted by molar-refractivity contribution is 8.26. The Labute approximate surface area is 175 Å². The monoisotopic (exact) mass is 429 g/mol. The molecule has 1 aliphatic heterocycles. The molecule has 2 aromatic carbocycles. The van der Waals surface area contributed by atoms with Crippen LogP contribution in [-0.4, -0.2) is 15.1 Å². The molecule has 4 rings (SSSR count). The lowest BCUT2D eigenvalue weighted by Crippen LogP contribution is -2.27. The molecule has 0 N–H and O–H groups in total. The summed E-state index contributed by atoms with van der Waals surface area (Å²) in [6.45, 7) is 0.314. The van der Waals surface area contributed by atoms with Crippen LogP contribution >= 0.6 is 35.6 Å². The zero-order valence-corrected chi connectivity index (χ0v) is 16.8. The largest absolute Gasteiger partial charge is 0.457 e. The number of amides is 1. The van der Waals surface area contributed by atoms with Crippen molar-refractivity contribution in [3.63, 3.8) is 0 Å². The first kappa shape index (κ1) is 18.9. The topological polar surface area (TPSA) is 33.5 Å². The van der Waals surface area contributed by atoms with E-state index in [0.717, 1.165) is 5.56 Å². The maximum absolute atomic E-state index is 13.4. The summed E-state index contributed by atoms with van der Waals surface area (Å²) in [5.41, 5.74) is 1.46. The first-order chi connectivity index (χ1) is 13.5. The third-order valence-corrected chi connectivity index (χ3v) is 5.92. The zero-order valence-electron chi connectivity index (χ0n) is 14.4. The van der Waals surface area contributed by atoms with Crippen molar-refractivity contribution in [3.8, 4) is 11.3 Å². The van der Waals surface area contributed by atoms with E-state index in [0.29, 0.717) is 37.9 Å². The summed E-state index contributed by atoms with van der Waals surface area (Å²) in [5, 5.41) is 0.589. The predicted molar refractivity (Wildman–Crippen MR) is 114 cm³/mol. The number of thioether (sulfide) groups is 1. The molecule has 3 nitrogen and oxygen atoms in total. The van der Waals surface area contributed by atoms with Crippen molar-refractivity contribution in [1.82, 2.24) is 4.90 Å². The molecule has 7 heteroatoms. The summed E-state index contributed by atoms with van der Waals surface area (Å²) in [6, 6.07) is 17.0. The van der Waals surface area contributed by atoms with Gasteiger partial charge >= 0.3 is 0 Å². The number of nitrogens with zero attached hydrogens (tertiary/aromatic N) is 1. The molecule has 0 aliphatic carbocycles. The number of furan rings is 1. The van der Waals surface area contributed by atoms with E-state index in [1.54, 1.807) is 36.4 Å². The molecule has 1 aromatic heterocycles. The molecule has 1 amide bonds. The van der Waals surface area contributed by atoms with E-state index in [-0.39, 0.29) is 11.7 Å². The highest BCUT2D eigenvalue weighted by atomic mass is 35.5. The Bertz CT molecular complexity index is 1110. The molecule has 1 saturated heterocycles. The molecule has 1 aliphatic rings. The van der Waals surface area contributed by atoms with Crippen LogP contribution < -0.4 is 0 Å². The van der Waals surface area contributed by atoms with Crippen molar-refractivity contribution >= 4 is 51.9 Å². The fourth-order valence-corrected chi connectivity index (χ4v) is 4.22. The van der Waals surface area contributed by atoms with Crippen molar-refractivity contribution in [3.05, 3.63) is 87.7 Å². The second kappa shape index (κ2) is 7.91. The average Bonchev–Trinajstić information content (AvgIpc) is 3.24. The molecule has 0 bridgehead atoms. The number of hydrogen-bond acceptors (Lipinski definition) is 4. The average molecular weight is 430 g/mol. The van der Waals surface area contributed by atoms with E-state index >= 15 is 0 Å². The molecular weight excluding hydrogens is 417 g/mol. The van der Waals surface area contributed by atoms with Crippen LogP contribution in [-0.2, 0) is 11.3 Å². The van der Waals surface area contributed by atoms with Crippen LogP contribution in [0.5, 0.6) is 0 Å². The molecule has 0 saturated carbocycles. The maximum Gasteiger partial charge on any atom is 0.266 e. The van der Waals surface area contributed by atoms with Crippen molar-refractivity contribution in [2.24, 2.45) is 0 Å². The van der Waals surface area contributed by atoms with Gasteiger partial charge in [-0.1, -0.05) is 65.9 Å². The summed E-state index contributed by atoms with van der Waals surface area (Å²) in [4.78, 5) is 14.8. The number of halogens is 2. The first-order valence-corrected chi connectivity index (χ1v) is 9.96. The van der Waals surface area contributed by atoms with Crippen LogP contribution in [0.25, 0.3) is 17.4 Å². The minimum Gasteiger partial charge on any atom is -0.457 e. The third-order valence-electron chi connectivity index (χ3n) is 4.17. The number of hydrogen-bond donors (Lipinski definition) is 0. The Hall–Kier alpha value is -2.41. The second-order valence-electron chi connectivity index (χ2n) is 6.07. The summed E-state index contributed by atoms with van der Waals surface area (Å²) in [6.07, 6.45) is 1.65. The van der Waals surface area contributed by atoms with Crippen LogP contribution in [0.15, 0.2) is 70.0 Å². The molecule has 3 aromatic rings. The molecule has 0 atom stereocenters. The first-order valence-electron chi connectivity index (χ1n) is 8.36. The quantitative estimate of drug-likeness (QED) is 0.368. The summed E-state index contributed by atoms with van der Waals surface area (Å²) < 4.78 is 19.6. The highest BCUT2D eigenvalue weighted by Gasteiger charge is 2.32. The molecule has 0 unspecified atom stereocenters. The van der Waals surface area contributed by atoms with Gasteiger partial charge in [-0.2, -0.15) is 0 Å². The normalized spacial score (nSPS) is 15.6. The minimum atomic E-state index is -0.337. The predicted octanol–water partition coefficient (Wildman–Crippen LogP) is 6.14. The van der Waals surface area contributed by atoms with Gasteiger partial charge in [0, 0.05) is 16.7 Å². The molecule has 0 radical (unpaired) electrons. The molecule has 2 heterocycles. The van der Waals surface area contributed by atoms with Crippen LogP contribution in [0, 0.1) is 5.82 Å². The lowest BCUT2D eigenvalue weighted by atomic mass is 10.2. The third kappa shape index (κ3) is 3.90. The van der Waals surface area contributed by atoms with Crippen LogP contribution in [0.1, 0.15) is 11.3 Å². The van der Waals surface area contributed by atoms with Gasteiger partial charge in [0.25, 0.3) is 5.91 Å². The van der Waals surface area contributed by atoms with Crippen molar-refractivity contribution in [2.75, 3.05) is 0 Å². The Kier molecular flexibility index (Phi) is 5.35. The van der Waals surface area contributed by atoms with Gasteiger partial charge in [-0.3, -0.25) is 9.69 Å². The second-order valence-corrected chi connectivity index (χ2v) is 8.15. The molecule has 0 spiro atoms. The molecule has 1 fully saturated rings. The van der Waals surface area contributed by atoms with E-state index in [1.807, 2.05) is 18.2 Å². The fourth-order valence-electron chi connectivity index (χ4n) is 2.79. The van der Waals surface area contributed by atoms with E-state index in [4.69, 9.17) is 28.2 Å². The SMILES string of the molecule is O=C1C(=Cc2ccc(-c3cccc(F)c3)o2)SC(=S)N1Cc1ccccc1Cl. The van der Waals surface area contributed by atoms with E-state index in [9.17, 15) is 9.18 Å². The molecule has 140 valence electrons. The van der Waals surface area contributed by atoms with E-state index in [1.165, 1.54) is 28.8 Å². The Morgan fingerprint density at radius 1 is 1.14 bits per heavy atom. The summed E-state index contributed by atoms with van der Waals surface area (Å²) >= 11 is 12.8. The highest BCUT2D eigenvalue weighted by Crippen LogP contribution is 2.35. The van der Waals surface area contributed by atoms with Gasteiger partial charge in [0.15, 0.2) is 0 Å². The summed E-state index contributed by atoms with van der Waals surface area (Å²) in [5.74, 6) is 0.490. The van der Waals surface area contributed by atoms with Crippen molar-refractivity contribution < 1.29 is 13.6 Å². The number of carbonyl (C=O) groups is 1. The van der Waals surface area contributed by atoms with Gasteiger partial charge in [-0.05, 0) is 35.9 Å². The van der Waals surface area contributed by atoms with Gasteiger partial charge < -0.3 is 4.42 Å². The van der Waals surface area contributed by atoms with E-state index < -0.39 is 0 Å². The fraction of sp³-hybridized carbons (Fsp3) is 0.0476. The number of carbonyl (C=O) groups excluding carboxylic acids is 1. The van der Waals surface area contributed by atoms with Crippen LogP contribution in [0.3, 0.4) is 0 Å². The Morgan fingerprint density at radius 2 is 1.96 bits per heavy atom. The van der Waals surface area contributed by atoms with Gasteiger partial charge in [-0.15, -0.1) is 0 Å². The zero-order chi connectivity index (χ0) is 19.7. The number of benzene rings is 2. The smallest absolute Gasteiger partial charge is 0.266 e. The Balaban J connectivity index is 1.55. The number of rotatable bonds is 4. The van der Waals surface area contributed by atoms with Gasteiger partial charge in [-0.25, -0.2) is 4.39 Å². The van der Waals surface area contributed by atoms with Crippen LogP contribution in [0.4, 0.5) is 4.39 Å². The van der Waals surface area contributed by atoms with Gasteiger partial charge in [0.1, 0.15) is 21.7 Å². The maximum atomic E-state index is 13.4. The van der Waals surface area contributed by atoms with Crippen molar-refractivity contribution in [2.45, 2.75) is 6.54 Å². The van der Waals surface area contributed by atoms with E-state index in [2.05, 4.69) is 0 Å². The molecular formula is C21H13ClFNO2S2. The minimum absolute atomic E-state index is 0.196. The standard InChI is InChI=1S/C21H13ClFNO2S2/c22-17-7-2-1-4-14(17)12-24-20(25)19(28-21(24)27)11-16-8-9-18(26-16)13-5-3-6-15(23)10-13/h1-11H,12H2. The van der Waals surface area contributed by atoms with Gasteiger partial charge in [0.05, 0.1) is 11.4 Å². The molecule has 28 heavy (non-hydrogen) atoms. The van der Waals surface area contributed by atoms with Gasteiger partial charge in [0.2, 0.25) is 0 Å². The Morgan fingerprint density at radius 3 is 2.75 bits per heavy atom. The van der Waals surface area contributed by atoms with Crippen LogP contribution in [0.2, 0.25) is 5.02 Å². The summed E-state index contributed by atoms with van der Waals surface area (Å²) in [7, 11) is 0.